The predicted molar refractivity (Wildman–Crippen MR) is 103 cm³/mol. The van der Waals surface area contributed by atoms with Crippen molar-refractivity contribution in [2.45, 2.75) is 43.5 Å². The summed E-state index contributed by atoms with van der Waals surface area (Å²) in [7, 11) is -3.55. The van der Waals surface area contributed by atoms with Crippen LogP contribution in [0.3, 0.4) is 0 Å². The Hall–Kier alpha value is -1.89. The first-order valence-electron chi connectivity index (χ1n) is 8.55. The zero-order valence-corrected chi connectivity index (χ0v) is 16.0. The summed E-state index contributed by atoms with van der Waals surface area (Å²) >= 11 is 6.06. The molecule has 0 radical (unpaired) electrons. The van der Waals surface area contributed by atoms with Gasteiger partial charge in [0.1, 0.15) is 0 Å². The maximum Gasteiger partial charge on any atom is 0.255 e. The third-order valence-electron chi connectivity index (χ3n) is 4.53. The monoisotopic (exact) mass is 392 g/mol. The normalized spacial score (nSPS) is 15.2. The van der Waals surface area contributed by atoms with Gasteiger partial charge in [-0.2, -0.15) is 0 Å². The van der Waals surface area contributed by atoms with Crippen LogP contribution in [0.15, 0.2) is 47.4 Å². The molecule has 0 heterocycles. The van der Waals surface area contributed by atoms with Gasteiger partial charge in [0, 0.05) is 22.3 Å². The van der Waals surface area contributed by atoms with Gasteiger partial charge < -0.3 is 5.32 Å². The van der Waals surface area contributed by atoms with E-state index in [2.05, 4.69) is 10.0 Å². The van der Waals surface area contributed by atoms with Crippen molar-refractivity contribution in [3.8, 4) is 0 Å². The van der Waals surface area contributed by atoms with Gasteiger partial charge in [0.2, 0.25) is 10.0 Å². The minimum absolute atomic E-state index is 0.00857. The molecule has 0 aliphatic heterocycles. The fourth-order valence-electron chi connectivity index (χ4n) is 2.99. The zero-order valence-electron chi connectivity index (χ0n) is 14.5. The number of anilines is 1. The number of aryl methyl sites for hydroxylation is 1. The Balaban J connectivity index is 1.70. The molecule has 26 heavy (non-hydrogen) atoms. The molecule has 1 fully saturated rings. The lowest BCUT2D eigenvalue weighted by molar-refractivity contribution is 0.102. The number of hydrogen-bond acceptors (Lipinski definition) is 3. The van der Waals surface area contributed by atoms with Gasteiger partial charge >= 0.3 is 0 Å². The molecule has 1 aliphatic carbocycles. The molecule has 0 bridgehead atoms. The molecule has 2 aromatic carbocycles. The van der Waals surface area contributed by atoms with Crippen LogP contribution in [0.2, 0.25) is 5.02 Å². The van der Waals surface area contributed by atoms with Crippen LogP contribution in [-0.4, -0.2) is 20.4 Å². The first-order chi connectivity index (χ1) is 12.3. The van der Waals surface area contributed by atoms with Gasteiger partial charge in [0.25, 0.3) is 5.91 Å². The van der Waals surface area contributed by atoms with Crippen LogP contribution in [-0.2, 0) is 10.0 Å². The van der Waals surface area contributed by atoms with Crippen LogP contribution in [0, 0.1) is 6.92 Å². The summed E-state index contributed by atoms with van der Waals surface area (Å²) in [5.74, 6) is -0.322. The minimum atomic E-state index is -3.55. The smallest absolute Gasteiger partial charge is 0.255 e. The lowest BCUT2D eigenvalue weighted by Gasteiger charge is -2.13. The van der Waals surface area contributed by atoms with E-state index in [4.69, 9.17) is 11.6 Å². The quantitative estimate of drug-likeness (QED) is 0.803. The highest BCUT2D eigenvalue weighted by Gasteiger charge is 2.23. The fraction of sp³-hybridized carbons (Fsp3) is 0.316. The van der Waals surface area contributed by atoms with Crippen molar-refractivity contribution in [3.05, 3.63) is 58.6 Å². The third kappa shape index (κ3) is 4.44. The lowest BCUT2D eigenvalue weighted by Crippen LogP contribution is -2.32. The number of benzene rings is 2. The van der Waals surface area contributed by atoms with Gasteiger partial charge in [-0.1, -0.05) is 30.5 Å². The number of rotatable bonds is 5. The van der Waals surface area contributed by atoms with E-state index in [-0.39, 0.29) is 16.8 Å². The average molecular weight is 393 g/mol. The first-order valence-corrected chi connectivity index (χ1v) is 10.4. The second kappa shape index (κ2) is 7.78. The van der Waals surface area contributed by atoms with Gasteiger partial charge in [0.15, 0.2) is 0 Å². The second-order valence-corrected chi connectivity index (χ2v) is 8.67. The molecule has 0 unspecified atom stereocenters. The van der Waals surface area contributed by atoms with E-state index in [0.717, 1.165) is 31.2 Å². The van der Waals surface area contributed by atoms with E-state index in [0.29, 0.717) is 16.3 Å². The van der Waals surface area contributed by atoms with Crippen LogP contribution < -0.4 is 10.0 Å². The molecule has 1 saturated carbocycles. The van der Waals surface area contributed by atoms with Crippen LogP contribution in [0.1, 0.15) is 41.6 Å². The molecule has 0 atom stereocenters. The minimum Gasteiger partial charge on any atom is -0.322 e. The molecule has 5 nitrogen and oxygen atoms in total. The van der Waals surface area contributed by atoms with Gasteiger partial charge in [-0.3, -0.25) is 4.79 Å². The molecule has 138 valence electrons. The van der Waals surface area contributed by atoms with Crippen LogP contribution >= 0.6 is 11.6 Å². The van der Waals surface area contributed by atoms with E-state index in [1.54, 1.807) is 12.1 Å². The standard InChI is InChI=1S/C19H21ClN2O3S/c1-13-6-9-16(12-18(13)20)21-19(23)14-7-10-17(11-8-14)26(24,25)22-15-4-2-3-5-15/h6-12,15,22H,2-5H2,1H3,(H,21,23). The lowest BCUT2D eigenvalue weighted by atomic mass is 10.2. The maximum atomic E-state index is 12.4. The predicted octanol–water partition coefficient (Wildman–Crippen LogP) is 4.12. The van der Waals surface area contributed by atoms with E-state index >= 15 is 0 Å². The Kier molecular flexibility index (Phi) is 5.65. The second-order valence-electron chi connectivity index (χ2n) is 6.55. The molecular weight excluding hydrogens is 372 g/mol. The van der Waals surface area contributed by atoms with Crippen molar-refractivity contribution < 1.29 is 13.2 Å². The Morgan fingerprint density at radius 1 is 1.08 bits per heavy atom. The van der Waals surface area contributed by atoms with Crippen molar-refractivity contribution in [1.82, 2.24) is 4.72 Å². The number of sulfonamides is 1. The molecule has 3 rings (SSSR count). The Bertz CT molecular complexity index is 905. The summed E-state index contributed by atoms with van der Waals surface area (Å²) < 4.78 is 27.5. The molecule has 7 heteroatoms. The largest absolute Gasteiger partial charge is 0.322 e. The Morgan fingerprint density at radius 3 is 2.35 bits per heavy atom. The molecule has 2 N–H and O–H groups in total. The number of nitrogens with one attached hydrogen (secondary N) is 2. The zero-order chi connectivity index (χ0) is 18.7. The number of carbonyl (C=O) groups excluding carboxylic acids is 1. The molecule has 0 saturated heterocycles. The summed E-state index contributed by atoms with van der Waals surface area (Å²) in [6.45, 7) is 1.88. The van der Waals surface area contributed by atoms with Gasteiger partial charge in [-0.05, 0) is 61.7 Å². The summed E-state index contributed by atoms with van der Waals surface area (Å²) in [6.07, 6.45) is 3.85. The number of amides is 1. The molecule has 0 spiro atoms. The SMILES string of the molecule is Cc1ccc(NC(=O)c2ccc(S(=O)(=O)NC3CCCC3)cc2)cc1Cl. The number of carbonyl (C=O) groups is 1. The van der Waals surface area contributed by atoms with Gasteiger partial charge in [-0.25, -0.2) is 13.1 Å². The van der Waals surface area contributed by atoms with Crippen LogP contribution in [0.5, 0.6) is 0 Å². The maximum absolute atomic E-state index is 12.4. The highest BCUT2D eigenvalue weighted by Crippen LogP contribution is 2.22. The van der Waals surface area contributed by atoms with Gasteiger partial charge in [-0.15, -0.1) is 0 Å². The summed E-state index contributed by atoms with van der Waals surface area (Å²) in [4.78, 5) is 12.5. The topological polar surface area (TPSA) is 75.3 Å². The fourth-order valence-corrected chi connectivity index (χ4v) is 4.48. The highest BCUT2D eigenvalue weighted by molar-refractivity contribution is 7.89. The van der Waals surface area contributed by atoms with E-state index in [9.17, 15) is 13.2 Å². The molecule has 1 amide bonds. The highest BCUT2D eigenvalue weighted by atomic mass is 35.5. The van der Waals surface area contributed by atoms with Crippen LogP contribution in [0.4, 0.5) is 5.69 Å². The third-order valence-corrected chi connectivity index (χ3v) is 6.48. The summed E-state index contributed by atoms with van der Waals surface area (Å²) in [6, 6.07) is 11.2. The van der Waals surface area contributed by atoms with Crippen LogP contribution in [0.25, 0.3) is 0 Å². The van der Waals surface area contributed by atoms with Gasteiger partial charge in [0.05, 0.1) is 4.90 Å². The van der Waals surface area contributed by atoms with E-state index in [1.165, 1.54) is 24.3 Å². The van der Waals surface area contributed by atoms with E-state index in [1.807, 2.05) is 13.0 Å². The average Bonchev–Trinajstić information content (AvgIpc) is 3.10. The molecular formula is C19H21ClN2O3S. The Labute approximate surface area is 158 Å². The summed E-state index contributed by atoms with van der Waals surface area (Å²) in [5.41, 5.74) is 1.89. The van der Waals surface area contributed by atoms with Crippen molar-refractivity contribution in [2.75, 3.05) is 5.32 Å². The van der Waals surface area contributed by atoms with Crippen molar-refractivity contribution in [1.29, 1.82) is 0 Å². The van der Waals surface area contributed by atoms with E-state index < -0.39 is 10.0 Å². The number of hydrogen-bond donors (Lipinski definition) is 2. The van der Waals surface area contributed by atoms with Crippen molar-refractivity contribution >= 4 is 33.2 Å². The Morgan fingerprint density at radius 2 is 1.73 bits per heavy atom. The molecule has 1 aliphatic rings. The summed E-state index contributed by atoms with van der Waals surface area (Å²) in [5, 5.41) is 3.33. The van der Waals surface area contributed by atoms with Crippen molar-refractivity contribution in [3.63, 3.8) is 0 Å². The molecule has 2 aromatic rings. The molecule has 0 aromatic heterocycles. The van der Waals surface area contributed by atoms with Crippen molar-refractivity contribution in [2.24, 2.45) is 0 Å². The first kappa shape index (κ1) is 18.9. The number of halogens is 1.